The smallest absolute Gasteiger partial charge is 0.175 e. The predicted octanol–water partition coefficient (Wildman–Crippen LogP) is 1.17. The maximum absolute atomic E-state index is 2.19. The molecule has 0 saturated heterocycles. The Morgan fingerprint density at radius 2 is 2.29 bits per heavy atom. The highest BCUT2D eigenvalue weighted by atomic mass is 127. The fraction of sp³-hybridized carbons (Fsp3) is 0. The minimum Gasteiger partial charge on any atom is -0.175 e. The van der Waals surface area contributed by atoms with Crippen LogP contribution in [0, 0.1) is 0 Å². The predicted molar refractivity (Wildman–Crippen MR) is 43.5 cm³/mol. The fourth-order valence-electron chi connectivity index (χ4n) is 0.310. The summed E-state index contributed by atoms with van der Waals surface area (Å²) >= 11 is 4.38. The molecule has 0 aromatic carbocycles. The summed E-state index contributed by atoms with van der Waals surface area (Å²) in [5, 5.41) is 0. The minimum atomic E-state index is 1.96. The Morgan fingerprint density at radius 3 is 2.43 bits per heavy atom. The van der Waals surface area contributed by atoms with E-state index in [4.69, 9.17) is 0 Å². The van der Waals surface area contributed by atoms with E-state index < -0.39 is 0 Å². The molecule has 0 radical (unpaired) electrons. The van der Waals surface area contributed by atoms with Crippen LogP contribution >= 0.6 is 45.7 Å². The summed E-state index contributed by atoms with van der Waals surface area (Å²) < 4.78 is 3.92. The van der Waals surface area contributed by atoms with Crippen LogP contribution in [0.5, 0.6) is 0 Å². The molecule has 0 N–H and O–H groups in total. The molecule has 0 unspecified atom stereocenters. The molecule has 0 aliphatic heterocycles. The molecule has 0 fully saturated rings. The van der Waals surface area contributed by atoms with E-state index in [0.29, 0.717) is 0 Å². The Labute approximate surface area is 69.5 Å². The molecule has 0 spiro atoms. The van der Waals surface area contributed by atoms with Crippen LogP contribution in [0.25, 0.3) is 0 Å². The van der Waals surface area contributed by atoms with Gasteiger partial charge in [-0.3, -0.25) is 0 Å². The number of aromatic nitrogens is 2. The number of hydrogen-bond acceptors (Lipinski definition) is 0. The van der Waals surface area contributed by atoms with E-state index in [1.54, 1.807) is 0 Å². The topological polar surface area (TPSA) is 8.81 Å². The monoisotopic (exact) mass is 321 g/mol. The highest BCUT2D eigenvalue weighted by Crippen LogP contribution is 1.89. The summed E-state index contributed by atoms with van der Waals surface area (Å²) in [6.45, 7) is 0. The molecule has 1 heterocycles. The van der Waals surface area contributed by atoms with Crippen LogP contribution in [0.15, 0.2) is 18.7 Å². The molecule has 2 nitrogen and oxygen atoms in total. The van der Waals surface area contributed by atoms with E-state index in [9.17, 15) is 0 Å². The summed E-state index contributed by atoms with van der Waals surface area (Å²) in [6.07, 6.45) is 5.93. The average molecular weight is 321 g/mol. The summed E-state index contributed by atoms with van der Waals surface area (Å²) in [4.78, 5) is 0. The standard InChI is InChI=1S/C3H3I2N2/c4-6-1-2-7(5)3-6/h1-3H/q+1. The lowest BCUT2D eigenvalue weighted by molar-refractivity contribution is -0.438. The zero-order valence-corrected chi connectivity index (χ0v) is 7.70. The Bertz CT molecular complexity index is 143. The largest absolute Gasteiger partial charge is 0.261 e. The second-order valence-corrected chi connectivity index (χ2v) is 3.33. The summed E-state index contributed by atoms with van der Waals surface area (Å²) in [5.74, 6) is 0. The van der Waals surface area contributed by atoms with Crippen LogP contribution < -0.4 is 2.78 Å². The van der Waals surface area contributed by atoms with Gasteiger partial charge in [0.15, 0.2) is 0 Å². The molecule has 1 aromatic heterocycles. The maximum Gasteiger partial charge on any atom is 0.261 e. The maximum atomic E-state index is 2.19. The first-order chi connectivity index (χ1) is 3.29. The third-order valence-electron chi connectivity index (χ3n) is 0.572. The highest BCUT2D eigenvalue weighted by Gasteiger charge is 1.92. The summed E-state index contributed by atoms with van der Waals surface area (Å²) in [5.41, 5.74) is 0. The normalized spacial score (nSPS) is 9.43. The average Bonchev–Trinajstić information content (AvgIpc) is 1.87. The van der Waals surface area contributed by atoms with Gasteiger partial charge in [-0.25, -0.2) is 0 Å². The second kappa shape index (κ2) is 2.29. The third kappa shape index (κ3) is 1.56. The van der Waals surface area contributed by atoms with Crippen LogP contribution in [0.3, 0.4) is 0 Å². The zero-order chi connectivity index (χ0) is 5.28. The Kier molecular flexibility index (Phi) is 1.90. The van der Waals surface area contributed by atoms with E-state index in [-0.39, 0.29) is 0 Å². The number of hydrogen-bond donors (Lipinski definition) is 0. The molecule has 4 heteroatoms. The molecule has 0 aliphatic rings. The Balaban J connectivity index is 3.04. The summed E-state index contributed by atoms with van der Waals surface area (Å²) in [6, 6.07) is 0. The van der Waals surface area contributed by atoms with Crippen LogP contribution in [0.1, 0.15) is 0 Å². The van der Waals surface area contributed by atoms with Gasteiger partial charge in [0.2, 0.25) is 45.7 Å². The van der Waals surface area contributed by atoms with Crippen molar-refractivity contribution in [2.45, 2.75) is 0 Å². The van der Waals surface area contributed by atoms with Crippen molar-refractivity contribution in [1.82, 2.24) is 2.78 Å². The fourth-order valence-corrected chi connectivity index (χ4v) is 1.61. The van der Waals surface area contributed by atoms with Gasteiger partial charge < -0.3 is 0 Å². The lowest BCUT2D eigenvalue weighted by atomic mass is 11.0. The van der Waals surface area contributed by atoms with Crippen LogP contribution in [0.2, 0.25) is 0 Å². The van der Waals surface area contributed by atoms with Crippen molar-refractivity contribution >= 4 is 45.7 Å². The van der Waals surface area contributed by atoms with Gasteiger partial charge in [-0.05, 0) is 0 Å². The molecule has 0 bridgehead atoms. The second-order valence-electron chi connectivity index (χ2n) is 1.10. The van der Waals surface area contributed by atoms with E-state index >= 15 is 0 Å². The molecule has 1 aromatic rings. The molecule has 0 atom stereocenters. The number of rotatable bonds is 0. The first-order valence-electron chi connectivity index (χ1n) is 1.70. The van der Waals surface area contributed by atoms with Crippen molar-refractivity contribution in [3.8, 4) is 0 Å². The molecule has 38 valence electrons. The number of halogens is 2. The Morgan fingerprint density at radius 1 is 1.57 bits per heavy atom. The first kappa shape index (κ1) is 5.80. The van der Waals surface area contributed by atoms with E-state index in [0.717, 1.165) is 0 Å². The molecule has 0 amide bonds. The first-order valence-corrected chi connectivity index (χ1v) is 3.63. The van der Waals surface area contributed by atoms with Crippen molar-refractivity contribution in [3.63, 3.8) is 0 Å². The van der Waals surface area contributed by atoms with Gasteiger partial charge in [-0.1, -0.05) is 0 Å². The highest BCUT2D eigenvalue weighted by molar-refractivity contribution is 14.1. The van der Waals surface area contributed by atoms with Crippen molar-refractivity contribution in [1.29, 1.82) is 0 Å². The lowest BCUT2D eigenvalue weighted by Gasteiger charge is -1.66. The molecule has 0 aliphatic carbocycles. The van der Waals surface area contributed by atoms with E-state index in [2.05, 4.69) is 45.7 Å². The van der Waals surface area contributed by atoms with E-state index in [1.807, 2.05) is 24.3 Å². The van der Waals surface area contributed by atoms with E-state index in [1.165, 1.54) is 0 Å². The third-order valence-corrected chi connectivity index (χ3v) is 1.71. The quantitative estimate of drug-likeness (QED) is 0.635. The molecular formula is C3H3I2N2+. The van der Waals surface area contributed by atoms with Gasteiger partial charge in [0.05, 0.1) is 0 Å². The molecule has 0 saturated carbocycles. The summed E-state index contributed by atoms with van der Waals surface area (Å²) in [7, 11) is 0. The van der Waals surface area contributed by atoms with Gasteiger partial charge in [0, 0.05) is 0 Å². The van der Waals surface area contributed by atoms with Gasteiger partial charge >= 0.3 is 0 Å². The molecule has 1 rings (SSSR count). The van der Waals surface area contributed by atoms with Gasteiger partial charge in [-0.15, -0.1) is 0 Å². The molecular weight excluding hydrogens is 318 g/mol. The van der Waals surface area contributed by atoms with Crippen molar-refractivity contribution in [2.75, 3.05) is 0 Å². The van der Waals surface area contributed by atoms with Crippen molar-refractivity contribution in [3.05, 3.63) is 18.7 Å². The van der Waals surface area contributed by atoms with Crippen LogP contribution in [-0.4, -0.2) is 2.78 Å². The van der Waals surface area contributed by atoms with Gasteiger partial charge in [-0.2, -0.15) is 5.56 Å². The SMILES string of the molecule is In1cc[n+](I)c1. The molecule has 7 heavy (non-hydrogen) atoms. The van der Waals surface area contributed by atoms with Gasteiger partial charge in [0.1, 0.15) is 12.4 Å². The van der Waals surface area contributed by atoms with Crippen LogP contribution in [-0.2, 0) is 0 Å². The van der Waals surface area contributed by atoms with Gasteiger partial charge in [0.25, 0.3) is 6.33 Å². The number of imidazole rings is 1. The zero-order valence-electron chi connectivity index (χ0n) is 3.38. The van der Waals surface area contributed by atoms with Crippen molar-refractivity contribution < 1.29 is 2.78 Å². The minimum absolute atomic E-state index is 1.96. The van der Waals surface area contributed by atoms with Crippen molar-refractivity contribution in [2.24, 2.45) is 0 Å². The lowest BCUT2D eigenvalue weighted by Crippen LogP contribution is -2.12. The Hall–Kier alpha value is 0.670. The number of nitrogens with zero attached hydrogens (tertiary/aromatic N) is 2. The van der Waals surface area contributed by atoms with Crippen LogP contribution in [0.4, 0.5) is 0 Å².